The largest absolute Gasteiger partial charge is 0.490 e. The second-order valence-electron chi connectivity index (χ2n) is 5.67. The Kier molecular flexibility index (Phi) is 5.25. The molecule has 0 atom stereocenters. The van der Waals surface area contributed by atoms with Crippen LogP contribution in [0.2, 0.25) is 0 Å². The molecule has 0 spiro atoms. The maximum atomic E-state index is 12.2. The highest BCUT2D eigenvalue weighted by molar-refractivity contribution is 7.09. The monoisotopic (exact) mass is 331 g/mol. The maximum absolute atomic E-state index is 12.2. The molecule has 23 heavy (non-hydrogen) atoms. The first kappa shape index (κ1) is 16.0. The second-order valence-corrected chi connectivity index (χ2v) is 6.61. The Hall–Kier alpha value is -1.92. The molecule has 3 rings (SSSR count). The predicted octanol–water partition coefficient (Wildman–Crippen LogP) is 3.22. The number of carbonyl (C=O) groups excluding carboxylic acids is 1. The number of hydrogen-bond acceptors (Lipinski definition) is 5. The number of thiazole rings is 1. The molecular formula is C17H21N3O2S. The smallest absolute Gasteiger partial charge is 0.275 e. The van der Waals surface area contributed by atoms with Crippen molar-refractivity contribution in [1.82, 2.24) is 4.98 Å². The maximum Gasteiger partial charge on any atom is 0.275 e. The van der Waals surface area contributed by atoms with Crippen LogP contribution in [0.4, 0.5) is 5.69 Å². The fourth-order valence-corrected chi connectivity index (χ4v) is 3.49. The van der Waals surface area contributed by atoms with Crippen molar-refractivity contribution < 1.29 is 9.53 Å². The summed E-state index contributed by atoms with van der Waals surface area (Å²) in [5.74, 6) is 0.597. The Morgan fingerprint density at radius 3 is 3.00 bits per heavy atom. The van der Waals surface area contributed by atoms with Gasteiger partial charge in [0.1, 0.15) is 11.4 Å². The molecule has 1 amide bonds. The number of rotatable bonds is 6. The summed E-state index contributed by atoms with van der Waals surface area (Å²) in [6, 6.07) is 7.53. The highest BCUT2D eigenvalue weighted by Gasteiger charge is 2.17. The summed E-state index contributed by atoms with van der Waals surface area (Å²) in [7, 11) is 0. The van der Waals surface area contributed by atoms with Crippen molar-refractivity contribution in [2.75, 3.05) is 11.9 Å². The summed E-state index contributed by atoms with van der Waals surface area (Å²) in [6.45, 7) is 0.537. The Labute approximate surface area is 139 Å². The van der Waals surface area contributed by atoms with Crippen molar-refractivity contribution in [3.05, 3.63) is 40.3 Å². The van der Waals surface area contributed by atoms with Crippen LogP contribution in [0.15, 0.2) is 29.6 Å². The third-order valence-corrected chi connectivity index (χ3v) is 4.75. The molecule has 1 aliphatic rings. The van der Waals surface area contributed by atoms with E-state index in [0.29, 0.717) is 24.8 Å². The molecule has 1 fully saturated rings. The van der Waals surface area contributed by atoms with E-state index in [1.54, 1.807) is 5.38 Å². The minimum atomic E-state index is -0.206. The lowest BCUT2D eigenvalue weighted by Crippen LogP contribution is -2.14. The molecular weight excluding hydrogens is 310 g/mol. The van der Waals surface area contributed by atoms with Gasteiger partial charge in [-0.1, -0.05) is 6.07 Å². The first-order valence-electron chi connectivity index (χ1n) is 7.97. The van der Waals surface area contributed by atoms with Crippen molar-refractivity contribution >= 4 is 22.9 Å². The summed E-state index contributed by atoms with van der Waals surface area (Å²) in [6.07, 6.45) is 5.69. The van der Waals surface area contributed by atoms with E-state index in [-0.39, 0.29) is 5.91 Å². The minimum Gasteiger partial charge on any atom is -0.490 e. The van der Waals surface area contributed by atoms with E-state index in [0.717, 1.165) is 29.3 Å². The van der Waals surface area contributed by atoms with Gasteiger partial charge in [0.15, 0.2) is 0 Å². The highest BCUT2D eigenvalue weighted by atomic mass is 32.1. The third-order valence-electron chi connectivity index (χ3n) is 3.84. The molecule has 122 valence electrons. The molecule has 3 N–H and O–H groups in total. The standard InChI is InChI=1S/C17H21N3O2S/c18-9-8-16-20-15(11-23-16)17(21)19-12-4-3-7-14(10-12)22-13-5-1-2-6-13/h3-4,7,10-11,13H,1-2,5-6,8-9,18H2,(H,19,21). The zero-order valence-corrected chi connectivity index (χ0v) is 13.8. The van der Waals surface area contributed by atoms with E-state index >= 15 is 0 Å². The highest BCUT2D eigenvalue weighted by Crippen LogP contribution is 2.26. The first-order chi connectivity index (χ1) is 11.2. The lowest BCUT2D eigenvalue weighted by Gasteiger charge is -2.14. The van der Waals surface area contributed by atoms with Crippen molar-refractivity contribution in [2.24, 2.45) is 5.73 Å². The molecule has 1 heterocycles. The number of carbonyl (C=O) groups is 1. The molecule has 0 radical (unpaired) electrons. The lowest BCUT2D eigenvalue weighted by atomic mass is 10.2. The average molecular weight is 331 g/mol. The summed E-state index contributed by atoms with van der Waals surface area (Å²) in [4.78, 5) is 16.5. The molecule has 1 aromatic heterocycles. The Bertz CT molecular complexity index is 665. The number of aromatic nitrogens is 1. The zero-order chi connectivity index (χ0) is 16.1. The second kappa shape index (κ2) is 7.57. The molecule has 0 saturated heterocycles. The number of nitrogens with two attached hydrogens (primary N) is 1. The number of hydrogen-bond donors (Lipinski definition) is 2. The van der Waals surface area contributed by atoms with Gasteiger partial charge in [0.2, 0.25) is 0 Å². The number of amides is 1. The fourth-order valence-electron chi connectivity index (χ4n) is 2.69. The first-order valence-corrected chi connectivity index (χ1v) is 8.85. The van der Waals surface area contributed by atoms with Gasteiger partial charge < -0.3 is 15.8 Å². The predicted molar refractivity (Wildman–Crippen MR) is 92.2 cm³/mol. The van der Waals surface area contributed by atoms with E-state index in [1.165, 1.54) is 24.2 Å². The summed E-state index contributed by atoms with van der Waals surface area (Å²) in [5, 5.41) is 5.52. The summed E-state index contributed by atoms with van der Waals surface area (Å²) < 4.78 is 5.96. The quantitative estimate of drug-likeness (QED) is 0.852. The van der Waals surface area contributed by atoms with Gasteiger partial charge in [0, 0.05) is 23.6 Å². The number of nitrogens with one attached hydrogen (secondary N) is 1. The number of ether oxygens (including phenoxy) is 1. The van der Waals surface area contributed by atoms with E-state index in [9.17, 15) is 4.79 Å². The fraction of sp³-hybridized carbons (Fsp3) is 0.412. The van der Waals surface area contributed by atoms with E-state index in [4.69, 9.17) is 10.5 Å². The van der Waals surface area contributed by atoms with Crippen LogP contribution in [0, 0.1) is 0 Å². The van der Waals surface area contributed by atoms with Crippen molar-refractivity contribution in [3.8, 4) is 5.75 Å². The Morgan fingerprint density at radius 2 is 2.22 bits per heavy atom. The summed E-state index contributed by atoms with van der Waals surface area (Å²) >= 11 is 1.46. The van der Waals surface area contributed by atoms with Crippen LogP contribution in [0.1, 0.15) is 41.2 Å². The van der Waals surface area contributed by atoms with E-state index < -0.39 is 0 Å². The van der Waals surface area contributed by atoms with Crippen LogP contribution in [0.5, 0.6) is 5.75 Å². The van der Waals surface area contributed by atoms with Crippen LogP contribution in [0.25, 0.3) is 0 Å². The van der Waals surface area contributed by atoms with Gasteiger partial charge in [-0.15, -0.1) is 11.3 Å². The zero-order valence-electron chi connectivity index (χ0n) is 13.0. The van der Waals surface area contributed by atoms with Gasteiger partial charge in [-0.05, 0) is 44.4 Å². The van der Waals surface area contributed by atoms with Crippen LogP contribution >= 0.6 is 11.3 Å². The van der Waals surface area contributed by atoms with Gasteiger partial charge in [0.25, 0.3) is 5.91 Å². The van der Waals surface area contributed by atoms with E-state index in [1.807, 2.05) is 24.3 Å². The normalized spacial score (nSPS) is 14.8. The molecule has 2 aromatic rings. The third kappa shape index (κ3) is 4.30. The minimum absolute atomic E-state index is 0.206. The molecule has 6 heteroatoms. The van der Waals surface area contributed by atoms with Crippen molar-refractivity contribution in [2.45, 2.75) is 38.2 Å². The molecule has 1 saturated carbocycles. The van der Waals surface area contributed by atoms with Crippen LogP contribution < -0.4 is 15.8 Å². The lowest BCUT2D eigenvalue weighted by molar-refractivity contribution is 0.102. The van der Waals surface area contributed by atoms with Gasteiger partial charge in [0.05, 0.1) is 11.1 Å². The topological polar surface area (TPSA) is 77.2 Å². The molecule has 0 bridgehead atoms. The van der Waals surface area contributed by atoms with Crippen molar-refractivity contribution in [1.29, 1.82) is 0 Å². The number of anilines is 1. The van der Waals surface area contributed by atoms with Crippen LogP contribution in [-0.4, -0.2) is 23.5 Å². The van der Waals surface area contributed by atoms with Gasteiger partial charge in [-0.3, -0.25) is 4.79 Å². The number of benzene rings is 1. The molecule has 1 aliphatic carbocycles. The molecule has 0 unspecified atom stereocenters. The Morgan fingerprint density at radius 1 is 1.39 bits per heavy atom. The van der Waals surface area contributed by atoms with Crippen LogP contribution in [0.3, 0.4) is 0 Å². The average Bonchev–Trinajstić information content (AvgIpc) is 3.20. The van der Waals surface area contributed by atoms with Crippen LogP contribution in [-0.2, 0) is 6.42 Å². The SMILES string of the molecule is NCCc1nc(C(=O)Nc2cccc(OC3CCCC3)c2)cs1. The van der Waals surface area contributed by atoms with Gasteiger partial charge in [-0.25, -0.2) is 4.98 Å². The molecule has 0 aliphatic heterocycles. The Balaban J connectivity index is 1.63. The van der Waals surface area contributed by atoms with Gasteiger partial charge in [-0.2, -0.15) is 0 Å². The molecule has 1 aromatic carbocycles. The number of nitrogens with zero attached hydrogens (tertiary/aromatic N) is 1. The van der Waals surface area contributed by atoms with E-state index in [2.05, 4.69) is 10.3 Å². The summed E-state index contributed by atoms with van der Waals surface area (Å²) in [5.41, 5.74) is 6.66. The molecule has 5 nitrogen and oxygen atoms in total. The van der Waals surface area contributed by atoms with Gasteiger partial charge >= 0.3 is 0 Å². The van der Waals surface area contributed by atoms with Crippen molar-refractivity contribution in [3.63, 3.8) is 0 Å².